The number of benzene rings is 1. The zero-order valence-corrected chi connectivity index (χ0v) is 28.0. The standard InChI is InChI=1S/C29H48N2O7Si2/c1-28(2,3)39(8,9)36-19-22-25(38-40(10,11)29(4,5)6)24(33)26(37-22)30-17-16-23(32)31(27(30)34)18-20-12-14-21(35-7)15-13-20/h12-17,22,24-26,33H,18-19H2,1-11H3/t22-,24-,25-,26-/m1/s1. The second kappa shape index (κ2) is 11.7. The molecule has 4 atom stereocenters. The van der Waals surface area contributed by atoms with E-state index in [1.165, 1.54) is 16.8 Å². The number of aromatic nitrogens is 2. The molecule has 1 aliphatic heterocycles. The average molecular weight is 593 g/mol. The molecule has 11 heteroatoms. The SMILES string of the molecule is COc1ccc(Cn2c(=O)ccn([C@@H]3O[C@H](CO[Si](C)(C)C(C)(C)C)[C@@H](O[Si](C)(C)C(C)(C)C)[C@H]3O)c2=O)cc1. The highest BCUT2D eigenvalue weighted by molar-refractivity contribution is 6.74. The van der Waals surface area contributed by atoms with E-state index in [4.69, 9.17) is 18.3 Å². The first kappa shape index (κ1) is 32.5. The molecule has 0 aliphatic carbocycles. The predicted molar refractivity (Wildman–Crippen MR) is 162 cm³/mol. The third kappa shape index (κ3) is 6.88. The Morgan fingerprint density at radius 1 is 0.925 bits per heavy atom. The van der Waals surface area contributed by atoms with Crippen molar-refractivity contribution in [1.82, 2.24) is 9.13 Å². The van der Waals surface area contributed by atoms with Crippen LogP contribution in [-0.2, 0) is 20.1 Å². The third-order valence-electron chi connectivity index (χ3n) is 8.83. The van der Waals surface area contributed by atoms with Crippen LogP contribution in [0.4, 0.5) is 0 Å². The number of hydrogen-bond acceptors (Lipinski definition) is 7. The number of aliphatic hydroxyl groups excluding tert-OH is 1. The first-order valence-corrected chi connectivity index (χ1v) is 19.7. The Bertz CT molecular complexity index is 1270. The van der Waals surface area contributed by atoms with Crippen LogP contribution in [0, 0.1) is 0 Å². The lowest BCUT2D eigenvalue weighted by atomic mass is 10.1. The first-order chi connectivity index (χ1) is 18.3. The van der Waals surface area contributed by atoms with Crippen molar-refractivity contribution in [2.24, 2.45) is 0 Å². The molecule has 224 valence electrons. The highest BCUT2D eigenvalue weighted by atomic mass is 28.4. The van der Waals surface area contributed by atoms with E-state index in [9.17, 15) is 14.7 Å². The minimum Gasteiger partial charge on any atom is -0.497 e. The lowest BCUT2D eigenvalue weighted by Crippen LogP contribution is -2.51. The predicted octanol–water partition coefficient (Wildman–Crippen LogP) is 4.74. The topological polar surface area (TPSA) is 101 Å². The molecule has 1 aromatic heterocycles. The fourth-order valence-corrected chi connectivity index (χ4v) is 6.38. The van der Waals surface area contributed by atoms with Gasteiger partial charge in [0.2, 0.25) is 0 Å². The van der Waals surface area contributed by atoms with Crippen LogP contribution < -0.4 is 16.0 Å². The number of aliphatic hydroxyl groups is 1. The lowest BCUT2D eigenvalue weighted by Gasteiger charge is -2.41. The zero-order chi connectivity index (χ0) is 30.3. The minimum absolute atomic E-state index is 0.00665. The molecular formula is C29H48N2O7Si2. The van der Waals surface area contributed by atoms with Gasteiger partial charge < -0.3 is 23.4 Å². The average Bonchev–Trinajstić information content (AvgIpc) is 3.14. The van der Waals surface area contributed by atoms with Gasteiger partial charge in [-0.25, -0.2) is 4.79 Å². The summed E-state index contributed by atoms with van der Waals surface area (Å²) < 4.78 is 27.2. The van der Waals surface area contributed by atoms with E-state index in [0.29, 0.717) is 5.75 Å². The van der Waals surface area contributed by atoms with E-state index in [-0.39, 0.29) is 23.2 Å². The van der Waals surface area contributed by atoms with Crippen LogP contribution in [0.15, 0.2) is 46.1 Å². The van der Waals surface area contributed by atoms with Crippen LogP contribution in [0.2, 0.25) is 36.3 Å². The van der Waals surface area contributed by atoms with Crippen molar-refractivity contribution in [3.63, 3.8) is 0 Å². The fourth-order valence-electron chi connectivity index (χ4n) is 4.04. The van der Waals surface area contributed by atoms with Gasteiger partial charge in [0, 0.05) is 12.3 Å². The maximum Gasteiger partial charge on any atom is 0.333 e. The Balaban J connectivity index is 1.97. The summed E-state index contributed by atoms with van der Waals surface area (Å²) in [7, 11) is -2.87. The Labute approximate surface area is 240 Å². The molecule has 0 amide bonds. The summed E-state index contributed by atoms with van der Waals surface area (Å²) in [6.45, 7) is 21.8. The van der Waals surface area contributed by atoms with Crippen LogP contribution in [0.3, 0.4) is 0 Å². The molecule has 1 fully saturated rings. The first-order valence-electron chi connectivity index (χ1n) is 13.9. The van der Waals surface area contributed by atoms with Gasteiger partial charge in [-0.2, -0.15) is 0 Å². The molecule has 1 aliphatic rings. The smallest absolute Gasteiger partial charge is 0.333 e. The van der Waals surface area contributed by atoms with E-state index in [2.05, 4.69) is 67.7 Å². The van der Waals surface area contributed by atoms with Crippen LogP contribution in [0.1, 0.15) is 53.3 Å². The molecular weight excluding hydrogens is 544 g/mol. The summed E-state index contributed by atoms with van der Waals surface area (Å²) in [5.74, 6) is 0.683. The molecule has 3 rings (SSSR count). The van der Waals surface area contributed by atoms with Crippen molar-refractivity contribution in [3.05, 3.63) is 62.9 Å². The Morgan fingerprint density at radius 3 is 2.02 bits per heavy atom. The summed E-state index contributed by atoms with van der Waals surface area (Å²) in [6, 6.07) is 8.49. The molecule has 2 heterocycles. The summed E-state index contributed by atoms with van der Waals surface area (Å²) in [5, 5.41) is 11.5. The summed E-state index contributed by atoms with van der Waals surface area (Å²) in [6.07, 6.45) is -2.05. The fraction of sp³-hybridized carbons (Fsp3) is 0.655. The number of rotatable bonds is 9. The third-order valence-corrected chi connectivity index (χ3v) is 17.8. The van der Waals surface area contributed by atoms with Crippen molar-refractivity contribution >= 4 is 16.6 Å². The second-order valence-electron chi connectivity index (χ2n) is 13.7. The van der Waals surface area contributed by atoms with Crippen LogP contribution in [0.5, 0.6) is 5.75 Å². The van der Waals surface area contributed by atoms with E-state index < -0.39 is 52.4 Å². The van der Waals surface area contributed by atoms with Gasteiger partial charge in [0.25, 0.3) is 5.56 Å². The normalized spacial score (nSPS) is 22.5. The van der Waals surface area contributed by atoms with Gasteiger partial charge in [-0.15, -0.1) is 0 Å². The van der Waals surface area contributed by atoms with Crippen molar-refractivity contribution in [3.8, 4) is 5.75 Å². The Morgan fingerprint density at radius 2 is 1.50 bits per heavy atom. The maximum absolute atomic E-state index is 13.6. The van der Waals surface area contributed by atoms with Crippen molar-refractivity contribution in [2.75, 3.05) is 13.7 Å². The number of hydrogen-bond donors (Lipinski definition) is 1. The molecule has 2 aromatic rings. The number of nitrogens with zero attached hydrogens (tertiary/aromatic N) is 2. The van der Waals surface area contributed by atoms with E-state index in [0.717, 1.165) is 10.1 Å². The second-order valence-corrected chi connectivity index (χ2v) is 23.3. The Kier molecular flexibility index (Phi) is 9.50. The highest BCUT2D eigenvalue weighted by Gasteiger charge is 2.51. The van der Waals surface area contributed by atoms with Crippen LogP contribution in [0.25, 0.3) is 0 Å². The summed E-state index contributed by atoms with van der Waals surface area (Å²) in [5.41, 5.74) is -0.230. The molecule has 40 heavy (non-hydrogen) atoms. The van der Waals surface area contributed by atoms with Gasteiger partial charge in [0.1, 0.15) is 24.1 Å². The van der Waals surface area contributed by atoms with Gasteiger partial charge in [0.05, 0.1) is 20.3 Å². The number of ether oxygens (including phenoxy) is 2. The van der Waals surface area contributed by atoms with Crippen molar-refractivity contribution in [2.45, 2.75) is 109 Å². The van der Waals surface area contributed by atoms with E-state index in [1.54, 1.807) is 31.4 Å². The van der Waals surface area contributed by atoms with Gasteiger partial charge in [-0.05, 0) is 54.0 Å². The molecule has 1 saturated heterocycles. The quantitative estimate of drug-likeness (QED) is 0.420. The molecule has 0 spiro atoms. The summed E-state index contributed by atoms with van der Waals surface area (Å²) in [4.78, 5) is 26.3. The summed E-state index contributed by atoms with van der Waals surface area (Å²) >= 11 is 0. The van der Waals surface area contributed by atoms with Gasteiger partial charge in [0.15, 0.2) is 22.9 Å². The largest absolute Gasteiger partial charge is 0.497 e. The van der Waals surface area contributed by atoms with Gasteiger partial charge in [-0.1, -0.05) is 53.7 Å². The minimum atomic E-state index is -2.33. The monoisotopic (exact) mass is 592 g/mol. The van der Waals surface area contributed by atoms with Gasteiger partial charge >= 0.3 is 5.69 Å². The van der Waals surface area contributed by atoms with Crippen LogP contribution >= 0.6 is 0 Å². The highest BCUT2D eigenvalue weighted by Crippen LogP contribution is 2.42. The molecule has 0 unspecified atom stereocenters. The number of methoxy groups -OCH3 is 1. The Hall–Kier alpha value is -2.03. The molecule has 0 bridgehead atoms. The van der Waals surface area contributed by atoms with Crippen molar-refractivity contribution < 1.29 is 23.4 Å². The van der Waals surface area contributed by atoms with Crippen LogP contribution in [-0.4, -0.2) is 62.9 Å². The zero-order valence-electron chi connectivity index (χ0n) is 26.0. The molecule has 9 nitrogen and oxygen atoms in total. The van der Waals surface area contributed by atoms with E-state index >= 15 is 0 Å². The maximum atomic E-state index is 13.6. The van der Waals surface area contributed by atoms with E-state index in [1.807, 2.05) is 0 Å². The molecule has 1 aromatic carbocycles. The molecule has 0 saturated carbocycles. The molecule has 1 N–H and O–H groups in total. The molecule has 0 radical (unpaired) electrons. The van der Waals surface area contributed by atoms with Crippen molar-refractivity contribution in [1.29, 1.82) is 0 Å². The van der Waals surface area contributed by atoms with Gasteiger partial charge in [-0.3, -0.25) is 13.9 Å². The lowest BCUT2D eigenvalue weighted by molar-refractivity contribution is -0.0534.